The van der Waals surface area contributed by atoms with Crippen LogP contribution in [-0.4, -0.2) is 45.5 Å². The second-order valence-electron chi connectivity index (χ2n) is 6.38. The van der Waals surface area contributed by atoms with Crippen LogP contribution in [0.2, 0.25) is 0 Å². The molecule has 2 N–H and O–H groups in total. The van der Waals surface area contributed by atoms with Gasteiger partial charge in [0.25, 0.3) is 0 Å². The third-order valence-electron chi connectivity index (χ3n) is 4.72. The molecule has 1 heterocycles. The summed E-state index contributed by atoms with van der Waals surface area (Å²) in [5.41, 5.74) is 2.53. The number of urea groups is 1. The van der Waals surface area contributed by atoms with Gasteiger partial charge in [-0.05, 0) is 42.9 Å². The molecule has 0 saturated heterocycles. The van der Waals surface area contributed by atoms with Gasteiger partial charge in [-0.25, -0.2) is 4.79 Å². The van der Waals surface area contributed by atoms with Gasteiger partial charge in [0, 0.05) is 32.0 Å². The van der Waals surface area contributed by atoms with Crippen LogP contribution in [0.3, 0.4) is 0 Å². The van der Waals surface area contributed by atoms with Crippen molar-refractivity contribution in [3.05, 3.63) is 53.9 Å². The van der Waals surface area contributed by atoms with Crippen LogP contribution in [0, 0.1) is 0 Å². The number of carbonyl (C=O) groups excluding carboxylic acids is 1. The maximum Gasteiger partial charge on any atom is 0.317 e. The van der Waals surface area contributed by atoms with Crippen molar-refractivity contribution in [2.45, 2.75) is 38.3 Å². The van der Waals surface area contributed by atoms with E-state index in [1.54, 1.807) is 11.1 Å². The number of hydrogen-bond acceptors (Lipinski definition) is 3. The summed E-state index contributed by atoms with van der Waals surface area (Å²) in [5, 5.41) is 16.6. The normalized spacial score (nSPS) is 16.3. The van der Waals surface area contributed by atoms with Crippen LogP contribution >= 0.6 is 0 Å². The van der Waals surface area contributed by atoms with Gasteiger partial charge >= 0.3 is 6.03 Å². The van der Waals surface area contributed by atoms with E-state index in [-0.39, 0.29) is 18.7 Å². The number of aliphatic hydroxyl groups is 1. The molecular formula is C19H26N4O2. The molecule has 0 saturated carbocycles. The number of hydrogen-bond donors (Lipinski definition) is 2. The number of fused-ring (bicyclic) bond motifs is 1. The molecule has 1 atom stereocenters. The second kappa shape index (κ2) is 8.67. The van der Waals surface area contributed by atoms with E-state index in [1.807, 2.05) is 29.1 Å². The van der Waals surface area contributed by atoms with Crippen molar-refractivity contribution in [2.24, 2.45) is 0 Å². The molecule has 1 aliphatic rings. The number of aromatic nitrogens is 2. The first-order valence-electron chi connectivity index (χ1n) is 9.00. The lowest BCUT2D eigenvalue weighted by Crippen LogP contribution is -2.45. The maximum absolute atomic E-state index is 12.7. The largest absolute Gasteiger partial charge is 0.395 e. The summed E-state index contributed by atoms with van der Waals surface area (Å²) in [7, 11) is 0. The standard InChI is InChI=1S/C19H26N4O2/c24-15-14-23(18-9-3-7-16-6-1-2-8-17(16)18)19(25)20-10-4-12-22-13-5-11-21-22/h1-2,5-6,8,11,13,18,24H,3-4,7,9-10,12,14-15H2,(H,20,25). The van der Waals surface area contributed by atoms with Crippen LogP contribution in [-0.2, 0) is 13.0 Å². The average molecular weight is 342 g/mol. The van der Waals surface area contributed by atoms with E-state index in [4.69, 9.17) is 0 Å². The Bertz CT molecular complexity index is 672. The molecule has 2 aromatic rings. The number of rotatable bonds is 7. The molecule has 0 spiro atoms. The summed E-state index contributed by atoms with van der Waals surface area (Å²) in [4.78, 5) is 14.5. The smallest absolute Gasteiger partial charge is 0.317 e. The van der Waals surface area contributed by atoms with Crippen LogP contribution in [0.15, 0.2) is 42.7 Å². The summed E-state index contributed by atoms with van der Waals surface area (Å²) >= 11 is 0. The number of aliphatic hydroxyl groups excluding tert-OH is 1. The summed E-state index contributed by atoms with van der Waals surface area (Å²) in [6.45, 7) is 1.69. The summed E-state index contributed by atoms with van der Waals surface area (Å²) in [6, 6.07) is 10.2. The molecule has 1 aliphatic carbocycles. The predicted molar refractivity (Wildman–Crippen MR) is 96.2 cm³/mol. The Balaban J connectivity index is 1.59. The zero-order valence-electron chi connectivity index (χ0n) is 14.5. The molecule has 1 aromatic carbocycles. The van der Waals surface area contributed by atoms with Gasteiger partial charge in [-0.15, -0.1) is 0 Å². The van der Waals surface area contributed by atoms with Crippen LogP contribution in [0.1, 0.15) is 36.4 Å². The van der Waals surface area contributed by atoms with Crippen molar-refractivity contribution < 1.29 is 9.90 Å². The number of carbonyl (C=O) groups is 1. The quantitative estimate of drug-likeness (QED) is 0.759. The van der Waals surface area contributed by atoms with Gasteiger partial charge in [0.15, 0.2) is 0 Å². The lowest BCUT2D eigenvalue weighted by Gasteiger charge is -2.35. The SMILES string of the molecule is O=C(NCCCn1cccn1)N(CCO)C1CCCc2ccccc21. The van der Waals surface area contributed by atoms with Crippen LogP contribution in [0.5, 0.6) is 0 Å². The highest BCUT2D eigenvalue weighted by atomic mass is 16.3. The summed E-state index contributed by atoms with van der Waals surface area (Å²) < 4.78 is 1.86. The highest BCUT2D eigenvalue weighted by Gasteiger charge is 2.28. The molecule has 1 unspecified atom stereocenters. The molecular weight excluding hydrogens is 316 g/mol. The Morgan fingerprint density at radius 1 is 1.36 bits per heavy atom. The van der Waals surface area contributed by atoms with Crippen LogP contribution in [0.4, 0.5) is 4.79 Å². The van der Waals surface area contributed by atoms with E-state index >= 15 is 0 Å². The molecule has 25 heavy (non-hydrogen) atoms. The van der Waals surface area contributed by atoms with Gasteiger partial charge in [0.05, 0.1) is 12.6 Å². The van der Waals surface area contributed by atoms with Gasteiger partial charge < -0.3 is 15.3 Å². The molecule has 0 bridgehead atoms. The molecule has 0 radical (unpaired) electrons. The van der Waals surface area contributed by atoms with Crippen molar-refractivity contribution in [3.63, 3.8) is 0 Å². The van der Waals surface area contributed by atoms with Crippen LogP contribution in [0.25, 0.3) is 0 Å². The molecule has 3 rings (SSSR count). The fourth-order valence-electron chi connectivity index (χ4n) is 3.53. The lowest BCUT2D eigenvalue weighted by molar-refractivity contribution is 0.144. The predicted octanol–water partition coefficient (Wildman–Crippen LogP) is 2.35. The van der Waals surface area contributed by atoms with Gasteiger partial charge in [-0.3, -0.25) is 4.68 Å². The molecule has 6 nitrogen and oxygen atoms in total. The number of amides is 2. The number of aryl methyl sites for hydroxylation is 2. The Hall–Kier alpha value is -2.34. The van der Waals surface area contributed by atoms with E-state index in [0.29, 0.717) is 13.1 Å². The number of benzene rings is 1. The first kappa shape index (κ1) is 17.5. The Morgan fingerprint density at radius 2 is 2.24 bits per heavy atom. The molecule has 1 aromatic heterocycles. The highest BCUT2D eigenvalue weighted by Crippen LogP contribution is 2.34. The van der Waals surface area contributed by atoms with Crippen molar-refractivity contribution in [1.82, 2.24) is 20.0 Å². The average Bonchev–Trinajstić information content (AvgIpc) is 3.16. The Morgan fingerprint density at radius 3 is 3.04 bits per heavy atom. The van der Waals surface area contributed by atoms with Crippen molar-refractivity contribution >= 4 is 6.03 Å². The molecule has 6 heteroatoms. The zero-order valence-corrected chi connectivity index (χ0v) is 14.5. The van der Waals surface area contributed by atoms with Crippen molar-refractivity contribution in [2.75, 3.05) is 19.7 Å². The van der Waals surface area contributed by atoms with Gasteiger partial charge in [0.1, 0.15) is 0 Å². The lowest BCUT2D eigenvalue weighted by atomic mass is 9.87. The Kier molecular flexibility index (Phi) is 6.06. The van der Waals surface area contributed by atoms with Crippen molar-refractivity contribution in [1.29, 1.82) is 0 Å². The van der Waals surface area contributed by atoms with E-state index in [0.717, 1.165) is 32.2 Å². The third-order valence-corrected chi connectivity index (χ3v) is 4.72. The fraction of sp³-hybridized carbons (Fsp3) is 0.474. The van der Waals surface area contributed by atoms with E-state index in [9.17, 15) is 9.90 Å². The topological polar surface area (TPSA) is 70.4 Å². The highest BCUT2D eigenvalue weighted by molar-refractivity contribution is 5.75. The molecule has 0 aliphatic heterocycles. The summed E-state index contributed by atoms with van der Waals surface area (Å²) in [5.74, 6) is 0. The molecule has 0 fully saturated rings. The minimum Gasteiger partial charge on any atom is -0.395 e. The number of nitrogens with one attached hydrogen (secondary N) is 1. The van der Waals surface area contributed by atoms with Crippen molar-refractivity contribution in [3.8, 4) is 0 Å². The minimum atomic E-state index is -0.101. The van der Waals surface area contributed by atoms with E-state index in [1.165, 1.54) is 11.1 Å². The van der Waals surface area contributed by atoms with E-state index in [2.05, 4.69) is 22.5 Å². The minimum absolute atomic E-state index is 0.0284. The van der Waals surface area contributed by atoms with Gasteiger partial charge in [0.2, 0.25) is 0 Å². The second-order valence-corrected chi connectivity index (χ2v) is 6.38. The first-order chi connectivity index (χ1) is 12.3. The third kappa shape index (κ3) is 4.39. The monoisotopic (exact) mass is 342 g/mol. The maximum atomic E-state index is 12.7. The summed E-state index contributed by atoms with van der Waals surface area (Å²) in [6.07, 6.45) is 7.56. The molecule has 134 valence electrons. The number of nitrogens with zero attached hydrogens (tertiary/aromatic N) is 3. The van der Waals surface area contributed by atoms with Gasteiger partial charge in [-0.2, -0.15) is 5.10 Å². The Labute approximate surface area is 148 Å². The zero-order chi connectivity index (χ0) is 17.5. The van der Waals surface area contributed by atoms with Gasteiger partial charge in [-0.1, -0.05) is 24.3 Å². The molecule has 2 amide bonds. The fourth-order valence-corrected chi connectivity index (χ4v) is 3.53. The van der Waals surface area contributed by atoms with E-state index < -0.39 is 0 Å². The first-order valence-corrected chi connectivity index (χ1v) is 9.00. The van der Waals surface area contributed by atoms with Crippen LogP contribution < -0.4 is 5.32 Å².